The van der Waals surface area contributed by atoms with Gasteiger partial charge in [-0.15, -0.1) is 11.3 Å². The van der Waals surface area contributed by atoms with Crippen LogP contribution in [-0.2, 0) is 21.4 Å². The second-order valence-electron chi connectivity index (χ2n) is 6.04. The number of hydrogen-bond donors (Lipinski definition) is 0. The van der Waals surface area contributed by atoms with Crippen molar-refractivity contribution in [3.05, 3.63) is 71.0 Å². The van der Waals surface area contributed by atoms with Gasteiger partial charge in [0.25, 0.3) is 0 Å². The zero-order valence-corrected chi connectivity index (χ0v) is 16.8. The number of carbonyl (C=O) groups is 1. The first-order chi connectivity index (χ1) is 13.3. The van der Waals surface area contributed by atoms with Crippen molar-refractivity contribution in [2.75, 3.05) is 14.1 Å². The van der Waals surface area contributed by atoms with Gasteiger partial charge in [0.15, 0.2) is 0 Å². The van der Waals surface area contributed by atoms with E-state index in [4.69, 9.17) is 4.74 Å². The molecule has 3 rings (SSSR count). The van der Waals surface area contributed by atoms with Gasteiger partial charge in [-0.1, -0.05) is 6.07 Å². The van der Waals surface area contributed by atoms with Gasteiger partial charge in [-0.05, 0) is 42.5 Å². The third-order valence-corrected chi connectivity index (χ3v) is 6.59. The van der Waals surface area contributed by atoms with Crippen molar-refractivity contribution >= 4 is 27.3 Å². The minimum atomic E-state index is -3.64. The number of benzene rings is 2. The lowest BCUT2D eigenvalue weighted by Crippen LogP contribution is -2.22. The monoisotopic (exact) mass is 420 g/mol. The summed E-state index contributed by atoms with van der Waals surface area (Å²) in [6, 6.07) is 11.6. The van der Waals surface area contributed by atoms with E-state index in [1.54, 1.807) is 17.5 Å². The molecule has 2 aromatic carbocycles. The van der Waals surface area contributed by atoms with Gasteiger partial charge in [0.2, 0.25) is 10.0 Å². The summed E-state index contributed by atoms with van der Waals surface area (Å²) >= 11 is 1.36. The fourth-order valence-electron chi connectivity index (χ4n) is 2.32. The highest BCUT2D eigenvalue weighted by Gasteiger charge is 2.19. The minimum absolute atomic E-state index is 0.0132. The van der Waals surface area contributed by atoms with Crippen LogP contribution in [0.5, 0.6) is 0 Å². The van der Waals surface area contributed by atoms with Gasteiger partial charge in [-0.2, -0.15) is 0 Å². The molecular formula is C19H17FN2O4S2. The summed E-state index contributed by atoms with van der Waals surface area (Å²) in [4.78, 5) is 16.7. The largest absolute Gasteiger partial charge is 0.456 e. The highest BCUT2D eigenvalue weighted by molar-refractivity contribution is 7.89. The summed E-state index contributed by atoms with van der Waals surface area (Å²) in [5.41, 5.74) is 1.46. The summed E-state index contributed by atoms with van der Waals surface area (Å²) in [6.45, 7) is -0.0544. The molecule has 0 radical (unpaired) electrons. The minimum Gasteiger partial charge on any atom is -0.456 e. The molecule has 9 heteroatoms. The van der Waals surface area contributed by atoms with Crippen LogP contribution < -0.4 is 0 Å². The van der Waals surface area contributed by atoms with Gasteiger partial charge in [0.1, 0.15) is 17.4 Å². The van der Waals surface area contributed by atoms with Crippen LogP contribution in [0.3, 0.4) is 0 Å². The van der Waals surface area contributed by atoms with Crippen LogP contribution in [-0.4, -0.2) is 37.8 Å². The molecule has 0 bridgehead atoms. The molecule has 0 saturated carbocycles. The molecule has 3 aromatic rings. The summed E-state index contributed by atoms with van der Waals surface area (Å²) in [7, 11) is -0.806. The van der Waals surface area contributed by atoms with E-state index in [2.05, 4.69) is 4.98 Å². The molecule has 0 aliphatic heterocycles. The molecular weight excluding hydrogens is 403 g/mol. The van der Waals surface area contributed by atoms with Crippen LogP contribution in [0.2, 0.25) is 0 Å². The molecule has 6 nitrogen and oxygen atoms in total. The van der Waals surface area contributed by atoms with Crippen LogP contribution in [0.15, 0.2) is 58.8 Å². The number of sulfonamides is 1. The maximum Gasteiger partial charge on any atom is 0.338 e. The fraction of sp³-hybridized carbons (Fsp3) is 0.158. The molecule has 0 fully saturated rings. The zero-order valence-electron chi connectivity index (χ0n) is 15.1. The van der Waals surface area contributed by atoms with Crippen molar-refractivity contribution in [2.24, 2.45) is 0 Å². The standard InChI is InChI=1S/C19H17FN2O4S2/c1-22(2)28(24,25)17-5-3-4-14(10-17)19(23)26-11-16-12-27-18(21-16)13-6-8-15(20)9-7-13/h3-10,12H,11H2,1-2H3. The van der Waals surface area contributed by atoms with E-state index in [0.29, 0.717) is 10.7 Å². The van der Waals surface area contributed by atoms with E-state index >= 15 is 0 Å². The average molecular weight is 420 g/mol. The van der Waals surface area contributed by atoms with Gasteiger partial charge in [-0.3, -0.25) is 0 Å². The summed E-state index contributed by atoms with van der Waals surface area (Å²) < 4.78 is 43.7. The van der Waals surface area contributed by atoms with E-state index in [1.807, 2.05) is 0 Å². The first-order valence-electron chi connectivity index (χ1n) is 8.17. The quantitative estimate of drug-likeness (QED) is 0.570. The highest BCUT2D eigenvalue weighted by atomic mass is 32.2. The van der Waals surface area contributed by atoms with Crippen molar-refractivity contribution in [1.82, 2.24) is 9.29 Å². The third kappa shape index (κ3) is 4.44. The van der Waals surface area contributed by atoms with Gasteiger partial charge in [0.05, 0.1) is 16.2 Å². The summed E-state index contributed by atoms with van der Waals surface area (Å²) in [5, 5.41) is 2.43. The Bertz CT molecular complexity index is 1090. The number of esters is 1. The van der Waals surface area contributed by atoms with E-state index < -0.39 is 16.0 Å². The number of hydrogen-bond acceptors (Lipinski definition) is 6. The average Bonchev–Trinajstić information content (AvgIpc) is 3.15. The van der Waals surface area contributed by atoms with Gasteiger partial charge in [0, 0.05) is 25.0 Å². The predicted octanol–water partition coefficient (Wildman–Crippen LogP) is 3.56. The Hall–Kier alpha value is -2.62. The second-order valence-corrected chi connectivity index (χ2v) is 9.05. The Morgan fingerprint density at radius 3 is 2.57 bits per heavy atom. The smallest absolute Gasteiger partial charge is 0.338 e. The zero-order chi connectivity index (χ0) is 20.3. The lowest BCUT2D eigenvalue weighted by molar-refractivity contribution is 0.0468. The third-order valence-electron chi connectivity index (χ3n) is 3.84. The maximum absolute atomic E-state index is 13.0. The lowest BCUT2D eigenvalue weighted by Gasteiger charge is -2.12. The van der Waals surface area contributed by atoms with E-state index in [1.165, 1.54) is 61.8 Å². The molecule has 146 valence electrons. The Morgan fingerprint density at radius 1 is 1.18 bits per heavy atom. The number of nitrogens with zero attached hydrogens (tertiary/aromatic N) is 2. The number of rotatable bonds is 6. The molecule has 0 aliphatic carbocycles. The number of thiazole rings is 1. The molecule has 28 heavy (non-hydrogen) atoms. The topological polar surface area (TPSA) is 76.6 Å². The van der Waals surface area contributed by atoms with Crippen LogP contribution in [0, 0.1) is 5.82 Å². The number of aromatic nitrogens is 1. The van der Waals surface area contributed by atoms with Crippen LogP contribution in [0.1, 0.15) is 16.1 Å². The molecule has 1 aromatic heterocycles. The SMILES string of the molecule is CN(C)S(=O)(=O)c1cccc(C(=O)OCc2csc(-c3ccc(F)cc3)n2)c1. The van der Waals surface area contributed by atoms with Crippen molar-refractivity contribution in [2.45, 2.75) is 11.5 Å². The van der Waals surface area contributed by atoms with Crippen molar-refractivity contribution < 1.29 is 22.3 Å². The Kier molecular flexibility index (Phi) is 5.87. The van der Waals surface area contributed by atoms with E-state index in [9.17, 15) is 17.6 Å². The van der Waals surface area contributed by atoms with Crippen LogP contribution in [0.4, 0.5) is 4.39 Å². The van der Waals surface area contributed by atoms with Crippen molar-refractivity contribution in [1.29, 1.82) is 0 Å². The molecule has 0 aliphatic rings. The molecule has 0 amide bonds. The fourth-order valence-corrected chi connectivity index (χ4v) is 4.07. The van der Waals surface area contributed by atoms with Crippen LogP contribution in [0.25, 0.3) is 10.6 Å². The molecule has 0 saturated heterocycles. The Balaban J connectivity index is 1.69. The summed E-state index contributed by atoms with van der Waals surface area (Å²) in [5.74, 6) is -0.972. The summed E-state index contributed by atoms with van der Waals surface area (Å²) in [6.07, 6.45) is 0. The second kappa shape index (κ2) is 8.17. The molecule has 0 N–H and O–H groups in total. The first kappa shape index (κ1) is 20.1. The van der Waals surface area contributed by atoms with Gasteiger partial charge < -0.3 is 4.74 Å². The molecule has 1 heterocycles. The molecule has 0 unspecified atom stereocenters. The lowest BCUT2D eigenvalue weighted by atomic mass is 10.2. The molecule has 0 spiro atoms. The molecule has 0 atom stereocenters. The predicted molar refractivity (Wildman–Crippen MR) is 104 cm³/mol. The van der Waals surface area contributed by atoms with Crippen molar-refractivity contribution in [3.8, 4) is 10.6 Å². The van der Waals surface area contributed by atoms with Gasteiger partial charge in [-0.25, -0.2) is 26.9 Å². The maximum atomic E-state index is 13.0. The van der Waals surface area contributed by atoms with E-state index in [-0.39, 0.29) is 22.9 Å². The van der Waals surface area contributed by atoms with Crippen LogP contribution >= 0.6 is 11.3 Å². The van der Waals surface area contributed by atoms with Crippen molar-refractivity contribution in [3.63, 3.8) is 0 Å². The number of halogens is 1. The Labute approximate surface area is 166 Å². The number of ether oxygens (including phenoxy) is 1. The first-order valence-corrected chi connectivity index (χ1v) is 10.5. The van der Waals surface area contributed by atoms with Gasteiger partial charge >= 0.3 is 5.97 Å². The van der Waals surface area contributed by atoms with E-state index in [0.717, 1.165) is 9.87 Å². The number of carbonyl (C=O) groups excluding carboxylic acids is 1. The highest BCUT2D eigenvalue weighted by Crippen LogP contribution is 2.24. The Morgan fingerprint density at radius 2 is 1.89 bits per heavy atom. The normalized spacial score (nSPS) is 11.6.